The highest BCUT2D eigenvalue weighted by molar-refractivity contribution is 7.89. The molecular formula is C20H19Cl2N3O4S. The van der Waals surface area contributed by atoms with Gasteiger partial charge in [0, 0.05) is 39.3 Å². The Bertz CT molecular complexity index is 1060. The Labute approximate surface area is 184 Å². The first kappa shape index (κ1) is 21.3. The average molecular weight is 468 g/mol. The summed E-state index contributed by atoms with van der Waals surface area (Å²) in [6, 6.07) is 11.4. The van der Waals surface area contributed by atoms with E-state index in [4.69, 9.17) is 23.2 Å². The average Bonchev–Trinajstić information content (AvgIpc) is 2.97. The number of carbonyl (C=O) groups excluding carboxylic acids is 2. The maximum atomic E-state index is 13.0. The van der Waals surface area contributed by atoms with Crippen LogP contribution in [0.5, 0.6) is 0 Å². The van der Waals surface area contributed by atoms with Gasteiger partial charge in [-0.3, -0.25) is 19.4 Å². The molecule has 0 saturated carbocycles. The highest BCUT2D eigenvalue weighted by Crippen LogP contribution is 2.32. The van der Waals surface area contributed by atoms with Gasteiger partial charge < -0.3 is 0 Å². The fraction of sp³-hybridized carbons (Fsp3) is 0.300. The van der Waals surface area contributed by atoms with Crippen molar-refractivity contribution in [2.45, 2.75) is 4.90 Å². The Morgan fingerprint density at radius 2 is 1.30 bits per heavy atom. The summed E-state index contributed by atoms with van der Waals surface area (Å²) in [5, 5.41) is 0.186. The molecule has 0 aliphatic carbocycles. The van der Waals surface area contributed by atoms with Crippen molar-refractivity contribution in [2.75, 3.05) is 39.3 Å². The summed E-state index contributed by atoms with van der Waals surface area (Å²) in [4.78, 5) is 28.1. The van der Waals surface area contributed by atoms with Crippen molar-refractivity contribution in [3.8, 4) is 0 Å². The van der Waals surface area contributed by atoms with Gasteiger partial charge in [-0.2, -0.15) is 4.31 Å². The van der Waals surface area contributed by atoms with E-state index in [1.807, 2.05) is 4.90 Å². The second kappa shape index (κ2) is 8.28. The van der Waals surface area contributed by atoms with Gasteiger partial charge in [-0.15, -0.1) is 0 Å². The number of hydrogen-bond donors (Lipinski definition) is 0. The monoisotopic (exact) mass is 467 g/mol. The summed E-state index contributed by atoms with van der Waals surface area (Å²) in [5.74, 6) is -0.574. The Morgan fingerprint density at radius 1 is 0.767 bits per heavy atom. The molecule has 158 valence electrons. The van der Waals surface area contributed by atoms with E-state index in [1.54, 1.807) is 30.3 Å². The molecule has 0 N–H and O–H groups in total. The molecule has 2 heterocycles. The first-order valence-corrected chi connectivity index (χ1v) is 11.6. The zero-order chi connectivity index (χ0) is 21.5. The summed E-state index contributed by atoms with van der Waals surface area (Å²) in [5.41, 5.74) is 0.852. The molecule has 2 amide bonds. The van der Waals surface area contributed by atoms with E-state index in [-0.39, 0.29) is 46.4 Å². The predicted molar refractivity (Wildman–Crippen MR) is 113 cm³/mol. The maximum absolute atomic E-state index is 13.0. The zero-order valence-corrected chi connectivity index (χ0v) is 18.3. The van der Waals surface area contributed by atoms with Crippen LogP contribution in [0.3, 0.4) is 0 Å². The Morgan fingerprint density at radius 3 is 1.83 bits per heavy atom. The van der Waals surface area contributed by atoms with Gasteiger partial charge in [0.2, 0.25) is 10.0 Å². The summed E-state index contributed by atoms with van der Waals surface area (Å²) in [6.07, 6.45) is 0. The van der Waals surface area contributed by atoms with Gasteiger partial charge in [-0.25, -0.2) is 8.42 Å². The van der Waals surface area contributed by atoms with Crippen molar-refractivity contribution in [1.29, 1.82) is 0 Å². The minimum atomic E-state index is -3.81. The lowest BCUT2D eigenvalue weighted by molar-refractivity contribution is 0.0628. The Balaban J connectivity index is 1.37. The quantitative estimate of drug-likeness (QED) is 0.631. The van der Waals surface area contributed by atoms with Gasteiger partial charge in [0.05, 0.1) is 21.2 Å². The van der Waals surface area contributed by atoms with E-state index >= 15 is 0 Å². The molecule has 30 heavy (non-hydrogen) atoms. The van der Waals surface area contributed by atoms with Crippen molar-refractivity contribution in [2.24, 2.45) is 0 Å². The number of amides is 2. The fourth-order valence-electron chi connectivity index (χ4n) is 3.74. The first-order valence-electron chi connectivity index (χ1n) is 9.42. The first-order chi connectivity index (χ1) is 14.3. The zero-order valence-electron chi connectivity index (χ0n) is 15.9. The summed E-state index contributed by atoms with van der Waals surface area (Å²) in [6.45, 7) is 2.23. The third-order valence-electron chi connectivity index (χ3n) is 5.37. The van der Waals surface area contributed by atoms with Crippen LogP contribution < -0.4 is 0 Å². The van der Waals surface area contributed by atoms with E-state index in [0.717, 1.165) is 0 Å². The van der Waals surface area contributed by atoms with Gasteiger partial charge >= 0.3 is 0 Å². The topological polar surface area (TPSA) is 78.0 Å². The third kappa shape index (κ3) is 3.74. The van der Waals surface area contributed by atoms with E-state index in [2.05, 4.69) is 0 Å². The van der Waals surface area contributed by atoms with Crippen LogP contribution in [0.25, 0.3) is 0 Å². The molecular weight excluding hydrogens is 449 g/mol. The largest absolute Gasteiger partial charge is 0.299 e. The number of imide groups is 1. The van der Waals surface area contributed by atoms with Crippen molar-refractivity contribution in [3.63, 3.8) is 0 Å². The van der Waals surface area contributed by atoms with E-state index in [0.29, 0.717) is 30.8 Å². The molecule has 1 saturated heterocycles. The SMILES string of the molecule is O=C1c2ccccc2C(=O)N1CCN1CCN(S(=O)(=O)c2c(Cl)cccc2Cl)CC1. The molecule has 0 spiro atoms. The van der Waals surface area contributed by atoms with Crippen LogP contribution in [-0.2, 0) is 10.0 Å². The molecule has 0 aromatic heterocycles. The van der Waals surface area contributed by atoms with Crippen LogP contribution in [0, 0.1) is 0 Å². The molecule has 10 heteroatoms. The number of piperazine rings is 1. The number of hydrogen-bond acceptors (Lipinski definition) is 5. The lowest BCUT2D eigenvalue weighted by Crippen LogP contribution is -2.50. The van der Waals surface area contributed by atoms with Crippen LogP contribution in [0.4, 0.5) is 0 Å². The summed E-state index contributed by atoms with van der Waals surface area (Å²) >= 11 is 12.2. The molecule has 2 aliphatic rings. The second-order valence-corrected chi connectivity index (χ2v) is 9.79. The Kier molecular flexibility index (Phi) is 5.87. The molecule has 2 aromatic rings. The number of halogens is 2. The van der Waals surface area contributed by atoms with Crippen molar-refractivity contribution < 1.29 is 18.0 Å². The van der Waals surface area contributed by atoms with Crippen LogP contribution >= 0.6 is 23.2 Å². The number of rotatable bonds is 5. The Hall–Kier alpha value is -1.97. The van der Waals surface area contributed by atoms with Gasteiger partial charge in [0.15, 0.2) is 0 Å². The molecule has 7 nitrogen and oxygen atoms in total. The van der Waals surface area contributed by atoms with Gasteiger partial charge in [-0.1, -0.05) is 41.4 Å². The van der Waals surface area contributed by atoms with Crippen molar-refractivity contribution in [3.05, 3.63) is 63.6 Å². The molecule has 0 unspecified atom stereocenters. The van der Waals surface area contributed by atoms with Crippen LogP contribution in [0.15, 0.2) is 47.4 Å². The maximum Gasteiger partial charge on any atom is 0.261 e. The second-order valence-electron chi connectivity index (χ2n) is 7.10. The summed E-state index contributed by atoms with van der Waals surface area (Å²) in [7, 11) is -3.81. The number of sulfonamides is 1. The molecule has 2 aliphatic heterocycles. The third-order valence-corrected chi connectivity index (χ3v) is 8.22. The van der Waals surface area contributed by atoms with E-state index in [1.165, 1.54) is 21.3 Å². The van der Waals surface area contributed by atoms with Crippen LogP contribution in [0.1, 0.15) is 20.7 Å². The van der Waals surface area contributed by atoms with Crippen LogP contribution in [-0.4, -0.2) is 73.6 Å². The van der Waals surface area contributed by atoms with Gasteiger partial charge in [-0.05, 0) is 24.3 Å². The van der Waals surface area contributed by atoms with Crippen molar-refractivity contribution in [1.82, 2.24) is 14.1 Å². The highest BCUT2D eigenvalue weighted by atomic mass is 35.5. The molecule has 2 aromatic carbocycles. The normalized spacial score (nSPS) is 18.1. The summed E-state index contributed by atoms with van der Waals surface area (Å²) < 4.78 is 27.3. The van der Waals surface area contributed by atoms with Gasteiger partial charge in [0.25, 0.3) is 11.8 Å². The number of fused-ring (bicyclic) bond motifs is 1. The van der Waals surface area contributed by atoms with E-state index < -0.39 is 10.0 Å². The van der Waals surface area contributed by atoms with Crippen LogP contribution in [0.2, 0.25) is 10.0 Å². The number of nitrogens with zero attached hydrogens (tertiary/aromatic N) is 3. The van der Waals surface area contributed by atoms with Gasteiger partial charge in [0.1, 0.15) is 4.90 Å². The number of carbonyl (C=O) groups is 2. The fourth-order valence-corrected chi connectivity index (χ4v) is 6.25. The molecule has 4 rings (SSSR count). The lowest BCUT2D eigenvalue weighted by atomic mass is 10.1. The standard InChI is InChI=1S/C20H19Cl2N3O4S/c21-16-6-3-7-17(22)18(16)30(28,29)24-11-8-23(9-12-24)10-13-25-19(26)14-4-1-2-5-15(14)20(25)27/h1-7H,8-13H2. The lowest BCUT2D eigenvalue weighted by Gasteiger charge is -2.34. The molecule has 0 atom stereocenters. The minimum absolute atomic E-state index is 0.0761. The van der Waals surface area contributed by atoms with Crippen molar-refractivity contribution >= 4 is 45.0 Å². The van der Waals surface area contributed by atoms with E-state index in [9.17, 15) is 18.0 Å². The molecule has 0 radical (unpaired) electrons. The number of benzene rings is 2. The molecule has 1 fully saturated rings. The smallest absolute Gasteiger partial charge is 0.261 e. The predicted octanol–water partition coefficient (Wildman–Crippen LogP) is 2.60. The minimum Gasteiger partial charge on any atom is -0.299 e. The highest BCUT2D eigenvalue weighted by Gasteiger charge is 2.36. The molecule has 0 bridgehead atoms.